The van der Waals surface area contributed by atoms with Gasteiger partial charge >= 0.3 is 0 Å². The number of ether oxygens (including phenoxy) is 1. The summed E-state index contributed by atoms with van der Waals surface area (Å²) >= 11 is 5.91. The van der Waals surface area contributed by atoms with Gasteiger partial charge in [-0.25, -0.2) is 0 Å². The zero-order valence-corrected chi connectivity index (χ0v) is 11.0. The van der Waals surface area contributed by atoms with E-state index in [0.717, 1.165) is 10.8 Å². The van der Waals surface area contributed by atoms with Gasteiger partial charge in [0, 0.05) is 5.02 Å². The topological polar surface area (TPSA) is 9.23 Å². The number of methoxy groups -OCH3 is 1. The summed E-state index contributed by atoms with van der Waals surface area (Å²) in [6.07, 6.45) is 1.23. The molecule has 0 bridgehead atoms. The van der Waals surface area contributed by atoms with Crippen LogP contribution >= 0.6 is 11.6 Å². The van der Waals surface area contributed by atoms with E-state index in [1.165, 1.54) is 17.5 Å². The summed E-state index contributed by atoms with van der Waals surface area (Å²) in [5.41, 5.74) is 2.79. The van der Waals surface area contributed by atoms with Gasteiger partial charge in [-0.05, 0) is 53.6 Å². The van der Waals surface area contributed by atoms with Crippen LogP contribution in [0, 0.1) is 0 Å². The summed E-state index contributed by atoms with van der Waals surface area (Å²) in [5.74, 6) is 2.22. The molecule has 1 nitrogen and oxygen atoms in total. The Hall–Kier alpha value is -1.47. The molecule has 0 spiro atoms. The molecule has 1 aliphatic rings. The molecular weight excluding hydrogens is 244 g/mol. The van der Waals surface area contributed by atoms with Gasteiger partial charge in [0.25, 0.3) is 0 Å². The van der Waals surface area contributed by atoms with Crippen LogP contribution in [0.1, 0.15) is 29.4 Å². The van der Waals surface area contributed by atoms with Gasteiger partial charge < -0.3 is 4.74 Å². The Morgan fingerprint density at radius 2 is 1.39 bits per heavy atom. The predicted molar refractivity (Wildman–Crippen MR) is 74.5 cm³/mol. The Balaban J connectivity index is 1.74. The smallest absolute Gasteiger partial charge is 0.118 e. The highest BCUT2D eigenvalue weighted by molar-refractivity contribution is 6.30. The van der Waals surface area contributed by atoms with Crippen LogP contribution in [0.4, 0.5) is 0 Å². The van der Waals surface area contributed by atoms with Gasteiger partial charge in [0.15, 0.2) is 0 Å². The zero-order chi connectivity index (χ0) is 12.5. The fourth-order valence-electron chi connectivity index (χ4n) is 2.49. The van der Waals surface area contributed by atoms with E-state index < -0.39 is 0 Å². The molecule has 92 valence electrons. The second kappa shape index (κ2) is 4.66. The summed E-state index contributed by atoms with van der Waals surface area (Å²) < 4.78 is 5.18. The van der Waals surface area contributed by atoms with Gasteiger partial charge in [-0.2, -0.15) is 0 Å². The monoisotopic (exact) mass is 258 g/mol. The van der Waals surface area contributed by atoms with Crippen molar-refractivity contribution in [3.63, 3.8) is 0 Å². The van der Waals surface area contributed by atoms with E-state index in [1.54, 1.807) is 7.11 Å². The molecule has 0 N–H and O–H groups in total. The van der Waals surface area contributed by atoms with E-state index in [1.807, 2.05) is 24.3 Å². The van der Waals surface area contributed by atoms with Crippen LogP contribution in [0.15, 0.2) is 48.5 Å². The lowest BCUT2D eigenvalue weighted by molar-refractivity contribution is 0.414. The number of benzene rings is 2. The zero-order valence-electron chi connectivity index (χ0n) is 10.3. The third-order valence-corrected chi connectivity index (χ3v) is 3.88. The van der Waals surface area contributed by atoms with E-state index in [0.29, 0.717) is 11.8 Å². The van der Waals surface area contributed by atoms with Crippen molar-refractivity contribution >= 4 is 11.6 Å². The van der Waals surface area contributed by atoms with Crippen molar-refractivity contribution in [2.75, 3.05) is 7.11 Å². The van der Waals surface area contributed by atoms with Crippen molar-refractivity contribution in [3.05, 3.63) is 64.7 Å². The summed E-state index contributed by atoms with van der Waals surface area (Å²) in [6, 6.07) is 16.6. The molecule has 2 aromatic carbocycles. The highest BCUT2D eigenvalue weighted by Gasteiger charge is 2.39. The minimum atomic E-state index is 0.649. The summed E-state index contributed by atoms with van der Waals surface area (Å²) in [6.45, 7) is 0. The largest absolute Gasteiger partial charge is 0.497 e. The first-order chi connectivity index (χ1) is 8.78. The lowest BCUT2D eigenvalue weighted by Crippen LogP contribution is -1.86. The first-order valence-electron chi connectivity index (χ1n) is 6.17. The molecule has 0 heterocycles. The Labute approximate surface area is 112 Å². The molecule has 2 heteroatoms. The summed E-state index contributed by atoms with van der Waals surface area (Å²) in [4.78, 5) is 0. The third kappa shape index (κ3) is 2.23. The Kier molecular flexibility index (Phi) is 3.00. The van der Waals surface area contributed by atoms with Crippen LogP contribution in [0.3, 0.4) is 0 Å². The van der Waals surface area contributed by atoms with Crippen LogP contribution in [0.25, 0.3) is 0 Å². The van der Waals surface area contributed by atoms with Crippen molar-refractivity contribution in [1.82, 2.24) is 0 Å². The van der Waals surface area contributed by atoms with Gasteiger partial charge in [-0.15, -0.1) is 0 Å². The van der Waals surface area contributed by atoms with Crippen molar-refractivity contribution in [3.8, 4) is 5.75 Å². The number of rotatable bonds is 3. The maximum absolute atomic E-state index is 5.91. The molecule has 1 aliphatic carbocycles. The standard InChI is InChI=1S/C16H15ClO/c1-18-14-8-4-12(5-9-14)16-10-15(16)11-2-6-13(17)7-3-11/h2-9,15-16H,10H2,1H3/t15-,16-/m1/s1. The van der Waals surface area contributed by atoms with Crippen LogP contribution in [0.2, 0.25) is 5.02 Å². The van der Waals surface area contributed by atoms with Gasteiger partial charge in [0.1, 0.15) is 5.75 Å². The molecule has 0 saturated heterocycles. The van der Waals surface area contributed by atoms with Crippen molar-refractivity contribution in [2.24, 2.45) is 0 Å². The fourth-order valence-corrected chi connectivity index (χ4v) is 2.62. The van der Waals surface area contributed by atoms with E-state index in [4.69, 9.17) is 16.3 Å². The summed E-state index contributed by atoms with van der Waals surface area (Å²) in [5, 5.41) is 0.806. The van der Waals surface area contributed by atoms with Crippen LogP contribution < -0.4 is 4.74 Å². The molecule has 1 saturated carbocycles. The second-order valence-corrected chi connectivity index (χ2v) is 5.21. The van der Waals surface area contributed by atoms with Gasteiger partial charge in [0.05, 0.1) is 7.11 Å². The predicted octanol–water partition coefficient (Wildman–Crippen LogP) is 4.62. The number of halogens is 1. The Bertz CT molecular complexity index is 530. The molecule has 2 atom stereocenters. The molecule has 2 aromatic rings. The molecule has 0 radical (unpaired) electrons. The highest BCUT2D eigenvalue weighted by Crippen LogP contribution is 2.54. The third-order valence-electron chi connectivity index (χ3n) is 3.63. The Morgan fingerprint density at radius 1 is 0.889 bits per heavy atom. The minimum absolute atomic E-state index is 0.649. The lowest BCUT2D eigenvalue weighted by atomic mass is 10.0. The van der Waals surface area contributed by atoms with E-state index in [-0.39, 0.29) is 0 Å². The molecular formula is C16H15ClO. The maximum Gasteiger partial charge on any atom is 0.118 e. The summed E-state index contributed by atoms with van der Waals surface area (Å²) in [7, 11) is 1.70. The molecule has 0 aromatic heterocycles. The molecule has 0 amide bonds. The average molecular weight is 259 g/mol. The first kappa shape index (κ1) is 11.6. The van der Waals surface area contributed by atoms with Crippen molar-refractivity contribution in [2.45, 2.75) is 18.3 Å². The molecule has 3 rings (SSSR count). The molecule has 1 fully saturated rings. The number of hydrogen-bond donors (Lipinski definition) is 0. The normalized spacial score (nSPS) is 21.7. The van der Waals surface area contributed by atoms with E-state index in [9.17, 15) is 0 Å². The minimum Gasteiger partial charge on any atom is -0.497 e. The van der Waals surface area contributed by atoms with Gasteiger partial charge in [-0.3, -0.25) is 0 Å². The van der Waals surface area contributed by atoms with Crippen molar-refractivity contribution < 1.29 is 4.74 Å². The van der Waals surface area contributed by atoms with Crippen LogP contribution in [0.5, 0.6) is 5.75 Å². The molecule has 18 heavy (non-hydrogen) atoms. The van der Waals surface area contributed by atoms with Crippen LogP contribution in [-0.4, -0.2) is 7.11 Å². The fraction of sp³-hybridized carbons (Fsp3) is 0.250. The molecule has 0 aliphatic heterocycles. The molecule has 0 unspecified atom stereocenters. The van der Waals surface area contributed by atoms with Crippen LogP contribution in [-0.2, 0) is 0 Å². The van der Waals surface area contributed by atoms with Crippen molar-refractivity contribution in [1.29, 1.82) is 0 Å². The highest BCUT2D eigenvalue weighted by atomic mass is 35.5. The quantitative estimate of drug-likeness (QED) is 0.781. The first-order valence-corrected chi connectivity index (χ1v) is 6.55. The number of hydrogen-bond acceptors (Lipinski definition) is 1. The van der Waals surface area contributed by atoms with Gasteiger partial charge in [-0.1, -0.05) is 35.9 Å². The average Bonchev–Trinajstić information content (AvgIpc) is 3.20. The Morgan fingerprint density at radius 3 is 1.89 bits per heavy atom. The van der Waals surface area contributed by atoms with E-state index >= 15 is 0 Å². The van der Waals surface area contributed by atoms with Gasteiger partial charge in [0.2, 0.25) is 0 Å². The van der Waals surface area contributed by atoms with E-state index in [2.05, 4.69) is 24.3 Å². The maximum atomic E-state index is 5.91. The lowest BCUT2D eigenvalue weighted by Gasteiger charge is -2.03. The second-order valence-electron chi connectivity index (χ2n) is 4.77. The SMILES string of the molecule is COc1ccc([C@H]2C[C@@H]2c2ccc(Cl)cc2)cc1.